The minimum Gasteiger partial charge on any atom is -0.403 e. The van der Waals surface area contributed by atoms with Crippen molar-refractivity contribution in [3.8, 4) is 11.5 Å². The predicted molar refractivity (Wildman–Crippen MR) is 94.7 cm³/mol. The fraction of sp³-hybridized carbons (Fsp3) is 0.267. The van der Waals surface area contributed by atoms with E-state index in [1.807, 2.05) is 0 Å². The van der Waals surface area contributed by atoms with Crippen LogP contribution in [0.1, 0.15) is 29.2 Å². The van der Waals surface area contributed by atoms with Gasteiger partial charge in [-0.15, -0.1) is 10.2 Å². The van der Waals surface area contributed by atoms with Gasteiger partial charge in [0.15, 0.2) is 9.84 Å². The van der Waals surface area contributed by atoms with Gasteiger partial charge < -0.3 is 4.42 Å². The molecule has 0 aliphatic heterocycles. The topological polar surface area (TPSA) is 128 Å². The molecule has 3 rings (SSSR count). The molecular weight excluding hydrogens is 378 g/mol. The number of carbonyl (C=O) groups is 1. The number of aryl methyl sites for hydroxylation is 1. The van der Waals surface area contributed by atoms with Gasteiger partial charge in [-0.3, -0.25) is 10.1 Å². The molecule has 0 bridgehead atoms. The Morgan fingerprint density at radius 3 is 2.42 bits per heavy atom. The number of nitrogens with zero attached hydrogens (tertiary/aromatic N) is 4. The first kappa shape index (κ1) is 18.1. The van der Waals surface area contributed by atoms with Crippen molar-refractivity contribution in [2.75, 3.05) is 5.32 Å². The Kier molecular flexibility index (Phi) is 4.83. The summed E-state index contributed by atoms with van der Waals surface area (Å²) in [5, 5.41) is 13.4. The lowest BCUT2D eigenvalue weighted by Gasteiger charge is -2.07. The van der Waals surface area contributed by atoms with Gasteiger partial charge in [-0.05, 0) is 56.6 Å². The van der Waals surface area contributed by atoms with Crippen molar-refractivity contribution in [3.05, 3.63) is 34.8 Å². The van der Waals surface area contributed by atoms with Crippen LogP contribution >= 0.6 is 11.5 Å². The van der Waals surface area contributed by atoms with Crippen molar-refractivity contribution in [3.63, 3.8) is 0 Å². The van der Waals surface area contributed by atoms with E-state index in [0.29, 0.717) is 16.1 Å². The van der Waals surface area contributed by atoms with Crippen molar-refractivity contribution in [2.24, 2.45) is 0 Å². The molecule has 2 heterocycles. The minimum atomic E-state index is -3.35. The lowest BCUT2D eigenvalue weighted by Crippen LogP contribution is -2.13. The van der Waals surface area contributed by atoms with Gasteiger partial charge in [-0.25, -0.2) is 8.42 Å². The second-order valence-electron chi connectivity index (χ2n) is 5.67. The summed E-state index contributed by atoms with van der Waals surface area (Å²) >= 11 is 0.966. The zero-order chi connectivity index (χ0) is 18.9. The molecule has 0 aliphatic carbocycles. The van der Waals surface area contributed by atoms with E-state index in [4.69, 9.17) is 4.42 Å². The Morgan fingerprint density at radius 2 is 1.85 bits per heavy atom. The molecule has 0 saturated carbocycles. The summed E-state index contributed by atoms with van der Waals surface area (Å²) in [4.78, 5) is 12.7. The van der Waals surface area contributed by atoms with E-state index in [9.17, 15) is 13.2 Å². The molecule has 2 aromatic heterocycles. The van der Waals surface area contributed by atoms with Crippen LogP contribution in [0.2, 0.25) is 0 Å². The molecule has 0 atom stereocenters. The Balaban J connectivity index is 1.78. The van der Waals surface area contributed by atoms with Gasteiger partial charge in [0.2, 0.25) is 5.89 Å². The molecule has 0 unspecified atom stereocenters. The molecular formula is C15H15N5O4S2. The molecule has 9 nitrogen and oxygen atoms in total. The summed E-state index contributed by atoms with van der Waals surface area (Å²) in [6.07, 6.45) is 0. The van der Waals surface area contributed by atoms with Crippen molar-refractivity contribution >= 4 is 33.3 Å². The van der Waals surface area contributed by atoms with Crippen LogP contribution in [0.3, 0.4) is 0 Å². The SMILES string of the molecule is Cc1nnsc1C(=O)Nc1nnc(-c2ccc(S(=O)(=O)C(C)C)cc2)o1. The molecule has 1 amide bonds. The van der Waals surface area contributed by atoms with E-state index in [1.165, 1.54) is 12.1 Å². The van der Waals surface area contributed by atoms with Gasteiger partial charge in [0, 0.05) is 5.56 Å². The van der Waals surface area contributed by atoms with Crippen molar-refractivity contribution in [2.45, 2.75) is 30.9 Å². The van der Waals surface area contributed by atoms with Gasteiger partial charge in [-0.2, -0.15) is 0 Å². The number of amides is 1. The first-order valence-corrected chi connectivity index (χ1v) is 9.89. The molecule has 1 N–H and O–H groups in total. The standard InChI is InChI=1S/C15H15N5O4S2/c1-8(2)26(22,23)11-6-4-10(5-7-11)14-18-19-15(24-14)16-13(21)12-9(3)17-20-25-12/h4-8H,1-3H3,(H,16,19,21). The van der Waals surface area contributed by atoms with Gasteiger partial charge >= 0.3 is 6.01 Å². The lowest BCUT2D eigenvalue weighted by molar-refractivity contribution is 0.102. The largest absolute Gasteiger partial charge is 0.403 e. The van der Waals surface area contributed by atoms with Gasteiger partial charge in [-0.1, -0.05) is 9.59 Å². The minimum absolute atomic E-state index is 0.0725. The van der Waals surface area contributed by atoms with Gasteiger partial charge in [0.25, 0.3) is 5.91 Å². The summed E-state index contributed by atoms with van der Waals surface area (Å²) in [6, 6.07) is 6.05. The van der Waals surface area contributed by atoms with Gasteiger partial charge in [0.1, 0.15) is 4.88 Å². The number of hydrogen-bond acceptors (Lipinski definition) is 9. The van der Waals surface area contributed by atoms with E-state index in [2.05, 4.69) is 25.1 Å². The molecule has 136 valence electrons. The fourth-order valence-electron chi connectivity index (χ4n) is 2.04. The first-order chi connectivity index (χ1) is 12.3. The Hall–Kier alpha value is -2.66. The van der Waals surface area contributed by atoms with Crippen LogP contribution in [-0.2, 0) is 9.84 Å². The maximum absolute atomic E-state index is 12.1. The number of hydrogen-bond donors (Lipinski definition) is 1. The molecule has 11 heteroatoms. The molecule has 0 spiro atoms. The molecule has 26 heavy (non-hydrogen) atoms. The molecule has 0 radical (unpaired) electrons. The van der Waals surface area contributed by atoms with E-state index >= 15 is 0 Å². The highest BCUT2D eigenvalue weighted by molar-refractivity contribution is 7.92. The summed E-state index contributed by atoms with van der Waals surface area (Å²) in [7, 11) is -3.35. The van der Waals surface area contributed by atoms with Crippen LogP contribution in [0.4, 0.5) is 6.01 Å². The smallest absolute Gasteiger partial charge is 0.322 e. The normalized spacial score (nSPS) is 11.7. The number of sulfone groups is 1. The van der Waals surface area contributed by atoms with E-state index in [1.54, 1.807) is 32.9 Å². The molecule has 0 saturated heterocycles. The van der Waals surface area contributed by atoms with Crippen LogP contribution in [0, 0.1) is 6.92 Å². The highest BCUT2D eigenvalue weighted by Gasteiger charge is 2.20. The number of rotatable bonds is 5. The first-order valence-electron chi connectivity index (χ1n) is 7.57. The summed E-state index contributed by atoms with van der Waals surface area (Å²) in [6.45, 7) is 4.91. The zero-order valence-corrected chi connectivity index (χ0v) is 15.8. The molecule has 0 fully saturated rings. The van der Waals surface area contributed by atoms with Crippen molar-refractivity contribution < 1.29 is 17.6 Å². The van der Waals surface area contributed by atoms with Crippen LogP contribution in [0.15, 0.2) is 33.6 Å². The third kappa shape index (κ3) is 3.48. The Labute approximate surface area is 153 Å². The second kappa shape index (κ2) is 6.92. The number of anilines is 1. The Morgan fingerprint density at radius 1 is 1.15 bits per heavy atom. The summed E-state index contributed by atoms with van der Waals surface area (Å²) < 4.78 is 33.4. The summed E-state index contributed by atoms with van der Waals surface area (Å²) in [5.74, 6) is -0.279. The second-order valence-corrected chi connectivity index (χ2v) is 8.93. The number of benzene rings is 1. The molecule has 0 aliphatic rings. The zero-order valence-electron chi connectivity index (χ0n) is 14.1. The van der Waals surface area contributed by atoms with Crippen LogP contribution in [-0.4, -0.2) is 39.4 Å². The van der Waals surface area contributed by atoms with E-state index in [0.717, 1.165) is 11.5 Å². The average Bonchev–Trinajstić information content (AvgIpc) is 3.24. The van der Waals surface area contributed by atoms with Crippen molar-refractivity contribution in [1.82, 2.24) is 19.8 Å². The average molecular weight is 393 g/mol. The predicted octanol–water partition coefficient (Wildman–Crippen LogP) is 2.33. The van der Waals surface area contributed by atoms with Crippen LogP contribution < -0.4 is 5.32 Å². The highest BCUT2D eigenvalue weighted by atomic mass is 32.2. The molecule has 1 aromatic carbocycles. The highest BCUT2D eigenvalue weighted by Crippen LogP contribution is 2.24. The number of nitrogens with one attached hydrogen (secondary N) is 1. The summed E-state index contributed by atoms with van der Waals surface area (Å²) in [5.41, 5.74) is 1.05. The maximum atomic E-state index is 12.1. The third-order valence-electron chi connectivity index (χ3n) is 3.55. The monoisotopic (exact) mass is 393 g/mol. The number of aromatic nitrogens is 4. The number of carbonyl (C=O) groups excluding carboxylic acids is 1. The quantitative estimate of drug-likeness (QED) is 0.699. The maximum Gasteiger partial charge on any atom is 0.322 e. The third-order valence-corrected chi connectivity index (χ3v) is 6.55. The lowest BCUT2D eigenvalue weighted by atomic mass is 10.2. The molecule has 3 aromatic rings. The van der Waals surface area contributed by atoms with Crippen LogP contribution in [0.25, 0.3) is 11.5 Å². The van der Waals surface area contributed by atoms with Crippen LogP contribution in [0.5, 0.6) is 0 Å². The van der Waals surface area contributed by atoms with E-state index < -0.39 is 21.0 Å². The van der Waals surface area contributed by atoms with Crippen molar-refractivity contribution in [1.29, 1.82) is 0 Å². The van der Waals surface area contributed by atoms with Gasteiger partial charge in [0.05, 0.1) is 15.8 Å². The fourth-order valence-corrected chi connectivity index (χ4v) is 3.65. The van der Waals surface area contributed by atoms with E-state index in [-0.39, 0.29) is 16.8 Å². The Bertz CT molecular complexity index is 1040.